The zero-order chi connectivity index (χ0) is 11.4. The molecular formula is C6H11ClF3NO2S. The van der Waals surface area contributed by atoms with E-state index in [1.807, 2.05) is 0 Å². The summed E-state index contributed by atoms with van der Waals surface area (Å²) in [7, 11) is -3.87. The lowest BCUT2D eigenvalue weighted by Gasteiger charge is -2.21. The summed E-state index contributed by atoms with van der Waals surface area (Å²) in [6.45, 7) is -0.320. The molecule has 0 radical (unpaired) electrons. The van der Waals surface area contributed by atoms with E-state index in [4.69, 9.17) is 11.6 Å². The molecule has 0 aliphatic carbocycles. The molecule has 0 rings (SSSR count). The summed E-state index contributed by atoms with van der Waals surface area (Å²) in [5.41, 5.74) is 0. The maximum Gasteiger partial charge on any atom is 0.402 e. The lowest BCUT2D eigenvalue weighted by molar-refractivity contribution is -0.135. The van der Waals surface area contributed by atoms with E-state index in [2.05, 4.69) is 0 Å². The maximum atomic E-state index is 11.9. The number of nitrogens with zero attached hydrogens (tertiary/aromatic N) is 1. The van der Waals surface area contributed by atoms with Crippen molar-refractivity contribution in [3.63, 3.8) is 0 Å². The number of rotatable bonds is 5. The van der Waals surface area contributed by atoms with Crippen LogP contribution >= 0.6 is 11.6 Å². The molecule has 0 aliphatic rings. The lowest BCUT2D eigenvalue weighted by atomic mass is 10.6. The van der Waals surface area contributed by atoms with Crippen molar-refractivity contribution in [2.45, 2.75) is 13.1 Å². The predicted molar refractivity (Wildman–Crippen MR) is 47.8 cm³/mol. The molecule has 0 saturated heterocycles. The van der Waals surface area contributed by atoms with Crippen LogP contribution in [0.5, 0.6) is 0 Å². The summed E-state index contributed by atoms with van der Waals surface area (Å²) in [6, 6.07) is 0. The Morgan fingerprint density at radius 1 is 1.36 bits per heavy atom. The monoisotopic (exact) mass is 253 g/mol. The van der Waals surface area contributed by atoms with Crippen LogP contribution in [-0.4, -0.2) is 43.6 Å². The second kappa shape index (κ2) is 5.18. The third kappa shape index (κ3) is 5.02. The van der Waals surface area contributed by atoms with Gasteiger partial charge in [-0.15, -0.1) is 11.6 Å². The number of alkyl halides is 4. The fraction of sp³-hybridized carbons (Fsp3) is 1.00. The zero-order valence-corrected chi connectivity index (χ0v) is 9.08. The molecule has 0 N–H and O–H groups in total. The Labute approximate surface area is 85.9 Å². The Morgan fingerprint density at radius 2 is 1.86 bits per heavy atom. The lowest BCUT2D eigenvalue weighted by Crippen LogP contribution is -2.40. The standard InChI is InChI=1S/C6H11ClF3NO2S/c1-2-11(5-6(8,9)10)14(12,13)4-3-7/h2-5H2,1H3. The Kier molecular flexibility index (Phi) is 5.17. The molecule has 3 nitrogen and oxygen atoms in total. The van der Waals surface area contributed by atoms with E-state index in [1.165, 1.54) is 6.92 Å². The van der Waals surface area contributed by atoms with Crippen LogP contribution < -0.4 is 0 Å². The van der Waals surface area contributed by atoms with Gasteiger partial charge in [0, 0.05) is 12.4 Å². The number of hydrogen-bond acceptors (Lipinski definition) is 2. The van der Waals surface area contributed by atoms with Crippen LogP contribution in [0.1, 0.15) is 6.92 Å². The van der Waals surface area contributed by atoms with Crippen molar-refractivity contribution in [3.05, 3.63) is 0 Å². The van der Waals surface area contributed by atoms with Crippen LogP contribution in [-0.2, 0) is 10.0 Å². The number of sulfonamides is 1. The van der Waals surface area contributed by atoms with Gasteiger partial charge in [0.15, 0.2) is 0 Å². The Hall–Kier alpha value is -0.0100. The van der Waals surface area contributed by atoms with E-state index >= 15 is 0 Å². The first kappa shape index (κ1) is 14.0. The van der Waals surface area contributed by atoms with E-state index in [9.17, 15) is 21.6 Å². The summed E-state index contributed by atoms with van der Waals surface area (Å²) in [4.78, 5) is 0. The van der Waals surface area contributed by atoms with Crippen molar-refractivity contribution < 1.29 is 21.6 Å². The average Bonchev–Trinajstić information content (AvgIpc) is 1.98. The molecule has 0 aliphatic heterocycles. The highest BCUT2D eigenvalue weighted by molar-refractivity contribution is 7.89. The van der Waals surface area contributed by atoms with Gasteiger partial charge in [-0.25, -0.2) is 8.42 Å². The zero-order valence-electron chi connectivity index (χ0n) is 7.51. The second-order valence-corrected chi connectivity index (χ2v) is 5.01. The highest BCUT2D eigenvalue weighted by atomic mass is 35.5. The van der Waals surface area contributed by atoms with Crippen LogP contribution in [0.15, 0.2) is 0 Å². The van der Waals surface area contributed by atoms with Crippen LogP contribution in [0.2, 0.25) is 0 Å². The van der Waals surface area contributed by atoms with Crippen LogP contribution in [0.4, 0.5) is 13.2 Å². The summed E-state index contributed by atoms with van der Waals surface area (Å²) in [5, 5.41) is 0. The van der Waals surface area contributed by atoms with Gasteiger partial charge in [0.05, 0.1) is 5.75 Å². The van der Waals surface area contributed by atoms with Gasteiger partial charge in [-0.1, -0.05) is 6.92 Å². The topological polar surface area (TPSA) is 37.4 Å². The molecule has 0 heterocycles. The van der Waals surface area contributed by atoms with Gasteiger partial charge in [0.2, 0.25) is 10.0 Å². The fourth-order valence-corrected chi connectivity index (χ4v) is 2.61. The quantitative estimate of drug-likeness (QED) is 0.696. The molecule has 0 aromatic rings. The molecule has 0 saturated carbocycles. The van der Waals surface area contributed by atoms with Crippen molar-refractivity contribution in [1.29, 1.82) is 0 Å². The Morgan fingerprint density at radius 3 is 2.14 bits per heavy atom. The summed E-state index contributed by atoms with van der Waals surface area (Å²) < 4.78 is 58.5. The predicted octanol–water partition coefficient (Wildman–Crippen LogP) is 1.44. The molecule has 14 heavy (non-hydrogen) atoms. The SMILES string of the molecule is CCN(CC(F)(F)F)S(=O)(=O)CCCl. The first-order chi connectivity index (χ1) is 6.23. The van der Waals surface area contributed by atoms with Gasteiger partial charge >= 0.3 is 6.18 Å². The largest absolute Gasteiger partial charge is 0.402 e. The van der Waals surface area contributed by atoms with E-state index < -0.39 is 28.5 Å². The number of hydrogen-bond donors (Lipinski definition) is 0. The fourth-order valence-electron chi connectivity index (χ4n) is 0.833. The maximum absolute atomic E-state index is 11.9. The van der Waals surface area contributed by atoms with Gasteiger partial charge < -0.3 is 0 Å². The van der Waals surface area contributed by atoms with E-state index in [0.717, 1.165) is 0 Å². The number of halogens is 4. The summed E-state index contributed by atoms with van der Waals surface area (Å²) >= 11 is 5.17. The molecule has 0 unspecified atom stereocenters. The minimum atomic E-state index is -4.52. The summed E-state index contributed by atoms with van der Waals surface area (Å²) in [5.74, 6) is -0.685. The molecule has 0 bridgehead atoms. The van der Waals surface area contributed by atoms with Crippen molar-refractivity contribution in [1.82, 2.24) is 4.31 Å². The third-order valence-corrected chi connectivity index (χ3v) is 3.74. The molecular weight excluding hydrogens is 243 g/mol. The molecule has 86 valence electrons. The van der Waals surface area contributed by atoms with E-state index in [1.54, 1.807) is 0 Å². The molecule has 0 aromatic carbocycles. The highest BCUT2D eigenvalue weighted by Gasteiger charge is 2.34. The van der Waals surface area contributed by atoms with Gasteiger partial charge in [0.1, 0.15) is 6.54 Å². The van der Waals surface area contributed by atoms with Gasteiger partial charge in [-0.2, -0.15) is 17.5 Å². The van der Waals surface area contributed by atoms with E-state index in [0.29, 0.717) is 4.31 Å². The van der Waals surface area contributed by atoms with Crippen LogP contribution in [0.25, 0.3) is 0 Å². The van der Waals surface area contributed by atoms with Gasteiger partial charge in [-0.05, 0) is 0 Å². The summed E-state index contributed by atoms with van der Waals surface area (Å²) in [6.07, 6.45) is -4.52. The molecule has 0 spiro atoms. The van der Waals surface area contributed by atoms with Crippen LogP contribution in [0.3, 0.4) is 0 Å². The molecule has 0 amide bonds. The van der Waals surface area contributed by atoms with Crippen molar-refractivity contribution in [2.75, 3.05) is 24.7 Å². The third-order valence-electron chi connectivity index (χ3n) is 1.44. The van der Waals surface area contributed by atoms with Crippen molar-refractivity contribution in [3.8, 4) is 0 Å². The molecule has 0 atom stereocenters. The highest BCUT2D eigenvalue weighted by Crippen LogP contribution is 2.18. The molecule has 0 aromatic heterocycles. The van der Waals surface area contributed by atoms with Crippen molar-refractivity contribution in [2.24, 2.45) is 0 Å². The first-order valence-corrected chi connectivity index (χ1v) is 5.98. The van der Waals surface area contributed by atoms with Crippen molar-refractivity contribution >= 4 is 21.6 Å². The normalized spacial score (nSPS) is 13.6. The Bertz CT molecular complexity index is 265. The average molecular weight is 254 g/mol. The van der Waals surface area contributed by atoms with Crippen LogP contribution in [0, 0.1) is 0 Å². The Balaban J connectivity index is 4.57. The minimum absolute atomic E-state index is 0.210. The van der Waals surface area contributed by atoms with Gasteiger partial charge in [0.25, 0.3) is 0 Å². The van der Waals surface area contributed by atoms with Gasteiger partial charge in [-0.3, -0.25) is 0 Å². The molecule has 0 fully saturated rings. The first-order valence-electron chi connectivity index (χ1n) is 3.83. The second-order valence-electron chi connectivity index (χ2n) is 2.55. The minimum Gasteiger partial charge on any atom is -0.212 e. The molecule has 8 heteroatoms. The smallest absolute Gasteiger partial charge is 0.212 e. The van der Waals surface area contributed by atoms with E-state index in [-0.39, 0.29) is 12.4 Å².